The van der Waals surface area contributed by atoms with Crippen LogP contribution < -0.4 is 4.90 Å². The van der Waals surface area contributed by atoms with Gasteiger partial charge in [-0.15, -0.1) is 11.3 Å². The molecule has 0 fully saturated rings. The Labute approximate surface area is 288 Å². The Morgan fingerprint density at radius 3 is 2.33 bits per heavy atom. The van der Waals surface area contributed by atoms with Crippen molar-refractivity contribution in [3.8, 4) is 17.2 Å². The minimum absolute atomic E-state index is 0.569. The second-order valence-corrected chi connectivity index (χ2v) is 13.4. The number of nitrogens with zero attached hydrogens (tertiary/aromatic N) is 3. The van der Waals surface area contributed by atoms with Crippen LogP contribution in [-0.2, 0) is 0 Å². The van der Waals surface area contributed by atoms with Crippen LogP contribution in [0.5, 0.6) is 0 Å². The average Bonchev–Trinajstić information content (AvgIpc) is 3.56. The lowest BCUT2D eigenvalue weighted by Gasteiger charge is -2.26. The lowest BCUT2D eigenvalue weighted by Crippen LogP contribution is -2.19. The third-order valence-corrected chi connectivity index (χ3v) is 10.6. The van der Waals surface area contributed by atoms with E-state index in [0.29, 0.717) is 12.1 Å². The van der Waals surface area contributed by atoms with Crippen molar-refractivity contribution in [1.29, 1.82) is 5.26 Å². The monoisotopic (exact) mass is 643 g/mol. The normalized spacial score (nSPS) is 15.0. The molecule has 0 saturated carbocycles. The molecule has 4 heteroatoms. The van der Waals surface area contributed by atoms with Gasteiger partial charge in [0.1, 0.15) is 5.82 Å². The molecule has 0 bridgehead atoms. The van der Waals surface area contributed by atoms with Crippen molar-refractivity contribution in [2.45, 2.75) is 0 Å². The van der Waals surface area contributed by atoms with Gasteiger partial charge in [0.15, 0.2) is 0 Å². The molecule has 8 aromatic rings. The van der Waals surface area contributed by atoms with Crippen molar-refractivity contribution in [3.05, 3.63) is 175 Å². The minimum atomic E-state index is 0.569. The summed E-state index contributed by atoms with van der Waals surface area (Å²) in [5.41, 5.74) is 8.80. The maximum absolute atomic E-state index is 10.1. The highest BCUT2D eigenvalue weighted by Gasteiger charge is 2.20. The van der Waals surface area contributed by atoms with Crippen molar-refractivity contribution in [3.63, 3.8) is 0 Å². The Hall–Kier alpha value is -6.28. The molecule has 1 aliphatic rings. The number of allylic oxidation sites excluding steroid dienone is 4. The highest BCUT2D eigenvalue weighted by atomic mass is 32.1. The molecule has 1 aliphatic heterocycles. The van der Waals surface area contributed by atoms with Crippen LogP contribution in [0.4, 0.5) is 11.5 Å². The van der Waals surface area contributed by atoms with Crippen molar-refractivity contribution >= 4 is 75.8 Å². The highest BCUT2D eigenvalue weighted by molar-refractivity contribution is 7.26. The third-order valence-electron chi connectivity index (χ3n) is 9.45. The van der Waals surface area contributed by atoms with Crippen LogP contribution in [0.1, 0.15) is 16.7 Å². The standard InChI is InChI=1S/C45H29N3S/c1-29-24-32(30-10-3-2-4-11-30)13-9-23-48(44-27-35(28-46)36-14-7-8-16-40(36)47-44)41-20-17-33(25-38(29)41)34-19-21-42-39(26-34)45-37-15-6-5-12-31(37)18-22-43(45)49-42/h2-22,24-27H,1,23H2/b13-9-,32-24+. The molecule has 6 aromatic carbocycles. The summed E-state index contributed by atoms with van der Waals surface area (Å²) >= 11 is 1.85. The van der Waals surface area contributed by atoms with E-state index in [1.807, 2.05) is 47.7 Å². The molecule has 0 radical (unpaired) electrons. The smallest absolute Gasteiger partial charge is 0.135 e. The van der Waals surface area contributed by atoms with Crippen molar-refractivity contribution in [1.82, 2.24) is 4.98 Å². The molecule has 0 saturated heterocycles. The molecule has 0 atom stereocenters. The van der Waals surface area contributed by atoms with Gasteiger partial charge in [0.05, 0.1) is 22.8 Å². The molecule has 0 unspecified atom stereocenters. The van der Waals surface area contributed by atoms with E-state index < -0.39 is 0 Å². The largest absolute Gasteiger partial charge is 0.322 e. The summed E-state index contributed by atoms with van der Waals surface area (Å²) < 4.78 is 2.58. The fourth-order valence-corrected chi connectivity index (χ4v) is 8.15. The van der Waals surface area contributed by atoms with Crippen LogP contribution in [0.15, 0.2) is 158 Å². The summed E-state index contributed by atoms with van der Waals surface area (Å²) in [7, 11) is 0. The molecular formula is C45H29N3S. The number of fused-ring (bicyclic) bond motifs is 7. The van der Waals surface area contributed by atoms with Crippen molar-refractivity contribution in [2.75, 3.05) is 11.4 Å². The van der Waals surface area contributed by atoms with E-state index in [1.165, 1.54) is 30.9 Å². The van der Waals surface area contributed by atoms with E-state index in [2.05, 4.69) is 133 Å². The van der Waals surface area contributed by atoms with Gasteiger partial charge in [-0.2, -0.15) is 5.26 Å². The first-order valence-electron chi connectivity index (χ1n) is 16.3. The first-order chi connectivity index (χ1) is 24.1. The van der Waals surface area contributed by atoms with Crippen LogP contribution in [-0.4, -0.2) is 11.5 Å². The van der Waals surface area contributed by atoms with Gasteiger partial charge in [-0.3, -0.25) is 0 Å². The first-order valence-corrected chi connectivity index (χ1v) is 17.1. The van der Waals surface area contributed by atoms with Gasteiger partial charge >= 0.3 is 0 Å². The number of para-hydroxylation sites is 1. The predicted molar refractivity (Wildman–Crippen MR) is 208 cm³/mol. The van der Waals surface area contributed by atoms with Gasteiger partial charge in [-0.1, -0.05) is 110 Å². The second-order valence-electron chi connectivity index (χ2n) is 12.4. The van der Waals surface area contributed by atoms with Crippen LogP contribution in [0, 0.1) is 11.3 Å². The molecule has 3 nitrogen and oxygen atoms in total. The zero-order valence-electron chi connectivity index (χ0n) is 26.6. The van der Waals surface area contributed by atoms with Crippen LogP contribution in [0.25, 0.3) is 64.1 Å². The number of anilines is 2. The number of pyridine rings is 1. The molecule has 0 N–H and O–H groups in total. The van der Waals surface area contributed by atoms with Gasteiger partial charge in [0.25, 0.3) is 0 Å². The summed E-state index contributed by atoms with van der Waals surface area (Å²) in [5, 5.41) is 16.1. The number of aromatic nitrogens is 1. The van der Waals surface area contributed by atoms with Crippen molar-refractivity contribution in [2.24, 2.45) is 0 Å². The topological polar surface area (TPSA) is 39.9 Å². The predicted octanol–water partition coefficient (Wildman–Crippen LogP) is 12.1. The van der Waals surface area contributed by atoms with E-state index in [4.69, 9.17) is 4.98 Å². The Bertz CT molecular complexity index is 2730. The first kappa shape index (κ1) is 28.9. The maximum Gasteiger partial charge on any atom is 0.135 e. The molecule has 0 amide bonds. The average molecular weight is 644 g/mol. The fourth-order valence-electron chi connectivity index (χ4n) is 7.05. The Kier molecular flexibility index (Phi) is 6.93. The molecule has 0 spiro atoms. The molecule has 49 heavy (non-hydrogen) atoms. The third kappa shape index (κ3) is 5.00. The summed E-state index contributed by atoms with van der Waals surface area (Å²) in [6.07, 6.45) is 6.50. The summed E-state index contributed by atoms with van der Waals surface area (Å²) in [5.74, 6) is 0.725. The van der Waals surface area contributed by atoms with E-state index in [9.17, 15) is 5.26 Å². The van der Waals surface area contributed by atoms with Gasteiger partial charge in [0, 0.05) is 37.7 Å². The Morgan fingerprint density at radius 1 is 0.694 bits per heavy atom. The summed E-state index contributed by atoms with van der Waals surface area (Å²) in [6.45, 7) is 5.20. The number of hydrogen-bond acceptors (Lipinski definition) is 4. The van der Waals surface area contributed by atoms with Gasteiger partial charge in [-0.05, 0) is 87.1 Å². The minimum Gasteiger partial charge on any atom is -0.322 e. The van der Waals surface area contributed by atoms with E-state index in [-0.39, 0.29) is 0 Å². The number of hydrogen-bond donors (Lipinski definition) is 0. The Morgan fingerprint density at radius 2 is 1.45 bits per heavy atom. The fraction of sp³-hybridized carbons (Fsp3) is 0.0222. The zero-order chi connectivity index (χ0) is 32.9. The second kappa shape index (κ2) is 11.8. The molecule has 0 aliphatic carbocycles. The summed E-state index contributed by atoms with van der Waals surface area (Å²) in [4.78, 5) is 7.26. The number of nitriles is 1. The van der Waals surface area contributed by atoms with E-state index >= 15 is 0 Å². The molecule has 9 rings (SSSR count). The molecule has 230 valence electrons. The highest BCUT2D eigenvalue weighted by Crippen LogP contribution is 2.42. The molecular weight excluding hydrogens is 615 g/mol. The lowest BCUT2D eigenvalue weighted by atomic mass is 9.94. The number of benzene rings is 6. The number of rotatable bonds is 3. The summed E-state index contributed by atoms with van der Waals surface area (Å²) in [6, 6.07) is 49.2. The lowest BCUT2D eigenvalue weighted by molar-refractivity contribution is 1.05. The van der Waals surface area contributed by atoms with Gasteiger partial charge in [-0.25, -0.2) is 4.98 Å². The van der Waals surface area contributed by atoms with E-state index in [1.54, 1.807) is 0 Å². The maximum atomic E-state index is 10.1. The van der Waals surface area contributed by atoms with Crippen LogP contribution in [0.3, 0.4) is 0 Å². The number of thiophene rings is 1. The molecule has 3 heterocycles. The van der Waals surface area contributed by atoms with Gasteiger partial charge < -0.3 is 4.90 Å². The SMILES string of the molecule is C=C1/C=C(c2ccccc2)\C=C/CN(c2cc(C#N)c3ccccc3n2)c2ccc(-c3ccc4sc5ccc6ccccc6c5c4c3)cc21. The zero-order valence-corrected chi connectivity index (χ0v) is 27.4. The van der Waals surface area contributed by atoms with Crippen LogP contribution >= 0.6 is 11.3 Å². The van der Waals surface area contributed by atoms with Crippen LogP contribution in [0.2, 0.25) is 0 Å². The van der Waals surface area contributed by atoms with Gasteiger partial charge in [0.2, 0.25) is 0 Å². The molecule has 2 aromatic heterocycles. The van der Waals surface area contributed by atoms with Crippen molar-refractivity contribution < 1.29 is 0 Å². The Balaban J connectivity index is 1.24. The quantitative estimate of drug-likeness (QED) is 0.192. The van der Waals surface area contributed by atoms with E-state index in [0.717, 1.165) is 55.8 Å².